The van der Waals surface area contributed by atoms with Gasteiger partial charge in [-0.3, -0.25) is 4.79 Å². The number of nitrogens with one attached hydrogen (secondary N) is 2. The monoisotopic (exact) mass is 310 g/mol. The number of aliphatic hydroxyl groups excluding tert-OH is 1. The average molecular weight is 311 g/mol. The van der Waals surface area contributed by atoms with Crippen LogP contribution in [0.1, 0.15) is 16.6 Å². The highest BCUT2D eigenvalue weighted by atomic mass is 35.5. The number of thiophene rings is 1. The van der Waals surface area contributed by atoms with Crippen LogP contribution in [0.3, 0.4) is 0 Å². The van der Waals surface area contributed by atoms with Crippen LogP contribution in [0.2, 0.25) is 4.34 Å². The number of halogens is 1. The highest BCUT2D eigenvalue weighted by Crippen LogP contribution is 2.21. The molecule has 1 amide bonds. The number of hydrogen-bond donors (Lipinski definition) is 3. The predicted molar refractivity (Wildman–Crippen MR) is 82.3 cm³/mol. The molecule has 1 heterocycles. The summed E-state index contributed by atoms with van der Waals surface area (Å²) in [5.41, 5.74) is 0.822. The summed E-state index contributed by atoms with van der Waals surface area (Å²) in [4.78, 5) is 12.6. The Kier molecular flexibility index (Phi) is 5.00. The number of benzene rings is 1. The van der Waals surface area contributed by atoms with E-state index in [2.05, 4.69) is 10.6 Å². The van der Waals surface area contributed by atoms with E-state index in [0.717, 1.165) is 5.69 Å². The Balaban J connectivity index is 2.04. The maximum Gasteiger partial charge on any atom is 0.263 e. The lowest BCUT2D eigenvalue weighted by Gasteiger charge is -2.23. The van der Waals surface area contributed by atoms with E-state index in [0.29, 0.717) is 9.21 Å². The summed E-state index contributed by atoms with van der Waals surface area (Å²) >= 11 is 7.01. The Bertz CT molecular complexity index is 572. The Hall–Kier alpha value is -1.56. The van der Waals surface area contributed by atoms with E-state index < -0.39 is 12.3 Å². The Labute approximate surface area is 126 Å². The number of hydrogen-bond acceptors (Lipinski definition) is 4. The standard InChI is InChI=1S/C14H15ClN2O2S/c1-9(18)13(16-10-5-3-2-4-6-10)17-14(19)11-7-8-12(15)20-11/h2-9,13,16,18H,1H3,(H,17,19). The third-order valence-corrected chi connectivity index (χ3v) is 3.89. The Morgan fingerprint density at radius 1 is 1.25 bits per heavy atom. The summed E-state index contributed by atoms with van der Waals surface area (Å²) in [6.45, 7) is 1.61. The zero-order valence-corrected chi connectivity index (χ0v) is 12.4. The quantitative estimate of drug-likeness (QED) is 0.744. The fourth-order valence-corrected chi connectivity index (χ4v) is 2.59. The number of anilines is 1. The van der Waals surface area contributed by atoms with E-state index in [4.69, 9.17) is 11.6 Å². The second-order valence-electron chi connectivity index (χ2n) is 4.31. The number of carbonyl (C=O) groups is 1. The van der Waals surface area contributed by atoms with Crippen molar-refractivity contribution in [2.75, 3.05) is 5.32 Å². The molecule has 0 bridgehead atoms. The molecule has 0 fully saturated rings. The minimum atomic E-state index is -0.741. The van der Waals surface area contributed by atoms with Gasteiger partial charge in [-0.1, -0.05) is 29.8 Å². The van der Waals surface area contributed by atoms with Crippen LogP contribution in [-0.4, -0.2) is 23.3 Å². The van der Waals surface area contributed by atoms with Crippen molar-refractivity contribution in [2.24, 2.45) is 0 Å². The summed E-state index contributed by atoms with van der Waals surface area (Å²) in [6, 6.07) is 12.7. The first kappa shape index (κ1) is 14.8. The van der Waals surface area contributed by atoms with Crippen molar-refractivity contribution in [1.29, 1.82) is 0 Å². The van der Waals surface area contributed by atoms with Crippen molar-refractivity contribution in [3.63, 3.8) is 0 Å². The molecule has 1 aromatic carbocycles. The second kappa shape index (κ2) is 6.74. The fraction of sp³-hybridized carbons (Fsp3) is 0.214. The molecule has 0 aliphatic rings. The number of aliphatic hydroxyl groups is 1. The highest BCUT2D eigenvalue weighted by Gasteiger charge is 2.19. The van der Waals surface area contributed by atoms with E-state index in [1.807, 2.05) is 30.3 Å². The molecule has 1 aromatic heterocycles. The van der Waals surface area contributed by atoms with E-state index in [-0.39, 0.29) is 5.91 Å². The topological polar surface area (TPSA) is 61.4 Å². The first-order valence-corrected chi connectivity index (χ1v) is 7.31. The largest absolute Gasteiger partial charge is 0.389 e. The molecule has 0 saturated carbocycles. The molecule has 0 saturated heterocycles. The lowest BCUT2D eigenvalue weighted by atomic mass is 10.2. The molecule has 3 N–H and O–H groups in total. The predicted octanol–water partition coefficient (Wildman–Crippen LogP) is 2.95. The summed E-state index contributed by atoms with van der Waals surface area (Å²) in [5.74, 6) is -0.267. The summed E-state index contributed by atoms with van der Waals surface area (Å²) < 4.78 is 0.555. The van der Waals surface area contributed by atoms with Crippen LogP contribution >= 0.6 is 22.9 Å². The van der Waals surface area contributed by atoms with Gasteiger partial charge in [0.15, 0.2) is 0 Å². The third kappa shape index (κ3) is 3.96. The van der Waals surface area contributed by atoms with Crippen molar-refractivity contribution >= 4 is 34.5 Å². The number of para-hydroxylation sites is 1. The molecule has 0 spiro atoms. The summed E-state index contributed by atoms with van der Waals surface area (Å²) in [5, 5.41) is 15.6. The van der Waals surface area contributed by atoms with Crippen LogP contribution in [0.4, 0.5) is 5.69 Å². The summed E-state index contributed by atoms with van der Waals surface area (Å²) in [6.07, 6.45) is -1.32. The van der Waals surface area contributed by atoms with Crippen LogP contribution in [0.25, 0.3) is 0 Å². The van der Waals surface area contributed by atoms with Crippen molar-refractivity contribution in [3.8, 4) is 0 Å². The molecule has 4 nitrogen and oxygen atoms in total. The number of rotatable bonds is 5. The van der Waals surface area contributed by atoms with Gasteiger partial charge in [-0.25, -0.2) is 0 Å². The van der Waals surface area contributed by atoms with Gasteiger partial charge >= 0.3 is 0 Å². The van der Waals surface area contributed by atoms with Gasteiger partial charge in [0.05, 0.1) is 15.3 Å². The minimum Gasteiger partial charge on any atom is -0.389 e. The molecule has 2 rings (SSSR count). The SMILES string of the molecule is CC(O)C(NC(=O)c1ccc(Cl)s1)Nc1ccccc1. The van der Waals surface area contributed by atoms with Gasteiger partial charge in [0, 0.05) is 5.69 Å². The molecular weight excluding hydrogens is 296 g/mol. The normalized spacial score (nSPS) is 13.6. The van der Waals surface area contributed by atoms with Crippen LogP contribution in [0.15, 0.2) is 42.5 Å². The van der Waals surface area contributed by atoms with E-state index >= 15 is 0 Å². The molecule has 20 heavy (non-hydrogen) atoms. The molecule has 0 aliphatic heterocycles. The first-order valence-electron chi connectivity index (χ1n) is 6.12. The first-order chi connectivity index (χ1) is 9.56. The zero-order valence-electron chi connectivity index (χ0n) is 10.8. The molecule has 2 aromatic rings. The van der Waals surface area contributed by atoms with Gasteiger partial charge in [0.1, 0.15) is 6.17 Å². The third-order valence-electron chi connectivity index (χ3n) is 2.66. The molecule has 6 heteroatoms. The van der Waals surface area contributed by atoms with Crippen LogP contribution in [0, 0.1) is 0 Å². The van der Waals surface area contributed by atoms with Crippen molar-refractivity contribution in [2.45, 2.75) is 19.2 Å². The smallest absolute Gasteiger partial charge is 0.263 e. The fourth-order valence-electron chi connectivity index (χ4n) is 1.64. The maximum atomic E-state index is 12.1. The van der Waals surface area contributed by atoms with Crippen molar-refractivity contribution in [3.05, 3.63) is 51.7 Å². The van der Waals surface area contributed by atoms with Crippen molar-refractivity contribution < 1.29 is 9.90 Å². The van der Waals surface area contributed by atoms with Gasteiger partial charge < -0.3 is 15.7 Å². The van der Waals surface area contributed by atoms with E-state index in [1.165, 1.54) is 11.3 Å². The average Bonchev–Trinajstić information content (AvgIpc) is 2.86. The van der Waals surface area contributed by atoms with Gasteiger partial charge in [-0.2, -0.15) is 0 Å². The lowest BCUT2D eigenvalue weighted by molar-refractivity contribution is 0.0884. The van der Waals surface area contributed by atoms with Gasteiger partial charge in [0.25, 0.3) is 5.91 Å². The lowest BCUT2D eigenvalue weighted by Crippen LogP contribution is -2.47. The van der Waals surface area contributed by atoms with Crippen molar-refractivity contribution in [1.82, 2.24) is 5.32 Å². The number of carbonyl (C=O) groups excluding carboxylic acids is 1. The van der Waals surface area contributed by atoms with E-state index in [1.54, 1.807) is 19.1 Å². The Morgan fingerprint density at radius 3 is 2.50 bits per heavy atom. The number of amides is 1. The van der Waals surface area contributed by atoms with Gasteiger partial charge in [-0.05, 0) is 31.2 Å². The molecule has 0 radical (unpaired) electrons. The maximum absolute atomic E-state index is 12.1. The molecule has 0 aliphatic carbocycles. The zero-order chi connectivity index (χ0) is 14.5. The van der Waals surface area contributed by atoms with E-state index in [9.17, 15) is 9.90 Å². The van der Waals surface area contributed by atoms with Gasteiger partial charge in [-0.15, -0.1) is 11.3 Å². The summed E-state index contributed by atoms with van der Waals surface area (Å²) in [7, 11) is 0. The molecule has 106 valence electrons. The molecule has 2 unspecified atom stereocenters. The molecule has 2 atom stereocenters. The van der Waals surface area contributed by atoms with Crippen LogP contribution < -0.4 is 10.6 Å². The van der Waals surface area contributed by atoms with Crippen LogP contribution in [-0.2, 0) is 0 Å². The van der Waals surface area contributed by atoms with Crippen LogP contribution in [0.5, 0.6) is 0 Å². The Morgan fingerprint density at radius 2 is 1.95 bits per heavy atom. The highest BCUT2D eigenvalue weighted by molar-refractivity contribution is 7.17. The van der Waals surface area contributed by atoms with Gasteiger partial charge in [0.2, 0.25) is 0 Å². The molecular formula is C14H15ClN2O2S. The second-order valence-corrected chi connectivity index (χ2v) is 6.02. The minimum absolute atomic E-state index is 0.267.